The summed E-state index contributed by atoms with van der Waals surface area (Å²) in [5.41, 5.74) is 2.31. The summed E-state index contributed by atoms with van der Waals surface area (Å²) in [4.78, 5) is 18.9. The zero-order valence-corrected chi connectivity index (χ0v) is 18.8. The van der Waals surface area contributed by atoms with Crippen molar-refractivity contribution in [3.05, 3.63) is 40.0 Å². The molecule has 0 amide bonds. The highest BCUT2D eigenvalue weighted by atomic mass is 32.1. The van der Waals surface area contributed by atoms with E-state index in [1.807, 2.05) is 12.3 Å². The van der Waals surface area contributed by atoms with Crippen molar-refractivity contribution in [3.63, 3.8) is 0 Å². The van der Waals surface area contributed by atoms with Crippen LogP contribution in [0.3, 0.4) is 0 Å². The van der Waals surface area contributed by atoms with Gasteiger partial charge in [0, 0.05) is 49.9 Å². The molecule has 1 saturated heterocycles. The van der Waals surface area contributed by atoms with E-state index < -0.39 is 0 Å². The Morgan fingerprint density at radius 1 is 1.24 bits per heavy atom. The summed E-state index contributed by atoms with van der Waals surface area (Å²) >= 11 is 1.70. The molecule has 2 aromatic rings. The number of aliphatic imine (C=N–C) groups is 1. The molecule has 0 bridgehead atoms. The predicted molar refractivity (Wildman–Crippen MR) is 122 cm³/mol. The van der Waals surface area contributed by atoms with E-state index in [4.69, 9.17) is 9.98 Å². The van der Waals surface area contributed by atoms with Gasteiger partial charge in [0.25, 0.3) is 0 Å². The van der Waals surface area contributed by atoms with E-state index in [0.29, 0.717) is 19.0 Å². The third-order valence-corrected chi connectivity index (χ3v) is 5.86. The minimum absolute atomic E-state index is 0.459. The molecule has 3 rings (SSSR count). The Kier molecular flexibility index (Phi) is 7.83. The van der Waals surface area contributed by atoms with Crippen molar-refractivity contribution in [1.82, 2.24) is 25.5 Å². The van der Waals surface area contributed by atoms with Gasteiger partial charge in [-0.25, -0.2) is 15.0 Å². The molecule has 3 heterocycles. The molecule has 0 aliphatic carbocycles. The van der Waals surface area contributed by atoms with Gasteiger partial charge < -0.3 is 20.4 Å². The third kappa shape index (κ3) is 6.14. The minimum atomic E-state index is 0.459. The Morgan fingerprint density at radius 2 is 2.03 bits per heavy atom. The van der Waals surface area contributed by atoms with Crippen LogP contribution in [0.2, 0.25) is 0 Å². The highest BCUT2D eigenvalue weighted by Crippen LogP contribution is 2.20. The lowest BCUT2D eigenvalue weighted by atomic mass is 10.2. The number of nitrogens with one attached hydrogen (secondary N) is 2. The van der Waals surface area contributed by atoms with Crippen molar-refractivity contribution < 1.29 is 0 Å². The zero-order chi connectivity index (χ0) is 20.6. The Balaban J connectivity index is 1.65. The fourth-order valence-electron chi connectivity index (χ4n) is 3.19. The molecule has 29 heavy (non-hydrogen) atoms. The van der Waals surface area contributed by atoms with Crippen LogP contribution in [0.25, 0.3) is 0 Å². The monoisotopic (exact) mass is 415 g/mol. The Labute approximate surface area is 178 Å². The number of anilines is 1. The van der Waals surface area contributed by atoms with Gasteiger partial charge in [0.05, 0.1) is 18.8 Å². The lowest BCUT2D eigenvalue weighted by Gasteiger charge is -2.34. The lowest BCUT2D eigenvalue weighted by molar-refractivity contribution is 0.312. The van der Waals surface area contributed by atoms with Crippen LogP contribution in [0.15, 0.2) is 28.7 Å². The first-order valence-electron chi connectivity index (χ1n) is 10.4. The van der Waals surface area contributed by atoms with Crippen LogP contribution in [0.4, 0.5) is 5.82 Å². The first kappa shape index (κ1) is 21.5. The molecule has 1 aliphatic heterocycles. The standard InChI is InChI=1S/C21H33N7S/c1-5-22-21(25-14-19-26-18(15-29-19)16(2)3)24-13-17-7-6-8-23-20(17)28-11-9-27(4)10-12-28/h6-8,15-16H,5,9-14H2,1-4H3,(H2,22,24,25). The van der Waals surface area contributed by atoms with Gasteiger partial charge >= 0.3 is 0 Å². The number of rotatable bonds is 7. The molecular weight excluding hydrogens is 382 g/mol. The smallest absolute Gasteiger partial charge is 0.191 e. The summed E-state index contributed by atoms with van der Waals surface area (Å²) in [5.74, 6) is 2.32. The topological polar surface area (TPSA) is 68.7 Å². The highest BCUT2D eigenvalue weighted by molar-refractivity contribution is 7.09. The van der Waals surface area contributed by atoms with Gasteiger partial charge in [-0.2, -0.15) is 0 Å². The van der Waals surface area contributed by atoms with E-state index in [9.17, 15) is 0 Å². The summed E-state index contributed by atoms with van der Waals surface area (Å²) in [6, 6.07) is 4.12. The normalized spacial score (nSPS) is 15.8. The summed E-state index contributed by atoms with van der Waals surface area (Å²) in [6.07, 6.45) is 1.87. The number of pyridine rings is 1. The lowest BCUT2D eigenvalue weighted by Crippen LogP contribution is -2.45. The molecule has 7 nitrogen and oxygen atoms in total. The third-order valence-electron chi connectivity index (χ3n) is 4.99. The summed E-state index contributed by atoms with van der Waals surface area (Å²) < 4.78 is 0. The first-order chi connectivity index (χ1) is 14.1. The van der Waals surface area contributed by atoms with Gasteiger partial charge in [0.2, 0.25) is 0 Å². The van der Waals surface area contributed by atoms with Gasteiger partial charge in [-0.1, -0.05) is 19.9 Å². The van der Waals surface area contributed by atoms with Gasteiger partial charge in [0.1, 0.15) is 10.8 Å². The van der Waals surface area contributed by atoms with E-state index in [-0.39, 0.29) is 0 Å². The van der Waals surface area contributed by atoms with Gasteiger partial charge in [-0.15, -0.1) is 11.3 Å². The van der Waals surface area contributed by atoms with Crippen LogP contribution in [0, 0.1) is 0 Å². The van der Waals surface area contributed by atoms with Crippen molar-refractivity contribution >= 4 is 23.1 Å². The molecule has 0 spiro atoms. The second kappa shape index (κ2) is 10.5. The van der Waals surface area contributed by atoms with Crippen LogP contribution >= 0.6 is 11.3 Å². The minimum Gasteiger partial charge on any atom is -0.357 e. The molecule has 0 unspecified atom stereocenters. The fourth-order valence-corrected chi connectivity index (χ4v) is 4.09. The van der Waals surface area contributed by atoms with Crippen LogP contribution in [-0.2, 0) is 13.1 Å². The maximum atomic E-state index is 4.81. The zero-order valence-electron chi connectivity index (χ0n) is 18.0. The Morgan fingerprint density at radius 3 is 2.72 bits per heavy atom. The number of hydrogen-bond acceptors (Lipinski definition) is 6. The van der Waals surface area contributed by atoms with Crippen LogP contribution in [-0.4, -0.2) is 60.6 Å². The number of thiazole rings is 1. The molecule has 0 atom stereocenters. The molecule has 1 fully saturated rings. The average molecular weight is 416 g/mol. The predicted octanol–water partition coefficient (Wildman–Crippen LogP) is 2.67. The fraction of sp³-hybridized carbons (Fsp3) is 0.571. The molecular formula is C21H33N7S. The Bertz CT molecular complexity index is 794. The van der Waals surface area contributed by atoms with Crippen LogP contribution in [0.1, 0.15) is 43.0 Å². The van der Waals surface area contributed by atoms with Gasteiger partial charge in [0.15, 0.2) is 5.96 Å². The largest absolute Gasteiger partial charge is 0.357 e. The number of guanidine groups is 1. The first-order valence-corrected chi connectivity index (χ1v) is 11.3. The SMILES string of the molecule is CCNC(=NCc1cccnc1N1CCN(C)CC1)NCc1nc(C(C)C)cs1. The highest BCUT2D eigenvalue weighted by Gasteiger charge is 2.17. The second-order valence-electron chi connectivity index (χ2n) is 7.65. The average Bonchev–Trinajstić information content (AvgIpc) is 3.20. The van der Waals surface area contributed by atoms with Crippen LogP contribution < -0.4 is 15.5 Å². The summed E-state index contributed by atoms with van der Waals surface area (Å²) in [7, 11) is 2.17. The molecule has 0 aromatic carbocycles. The number of piperazine rings is 1. The maximum Gasteiger partial charge on any atom is 0.191 e. The molecule has 158 valence electrons. The second-order valence-corrected chi connectivity index (χ2v) is 8.59. The molecule has 2 N–H and O–H groups in total. The number of nitrogens with zero attached hydrogens (tertiary/aromatic N) is 5. The summed E-state index contributed by atoms with van der Waals surface area (Å²) in [5, 5.41) is 9.97. The number of likely N-dealkylation sites (N-methyl/N-ethyl adjacent to an activating group) is 1. The maximum absolute atomic E-state index is 4.81. The van der Waals surface area contributed by atoms with E-state index in [1.54, 1.807) is 11.3 Å². The van der Waals surface area contributed by atoms with Crippen molar-refractivity contribution in [2.24, 2.45) is 4.99 Å². The molecule has 2 aromatic heterocycles. The van der Waals surface area contributed by atoms with Gasteiger partial charge in [-0.05, 0) is 26.0 Å². The van der Waals surface area contributed by atoms with Crippen molar-refractivity contribution in [1.29, 1.82) is 0 Å². The van der Waals surface area contributed by atoms with Crippen LogP contribution in [0.5, 0.6) is 0 Å². The quantitative estimate of drug-likeness (QED) is 0.535. The molecule has 0 radical (unpaired) electrons. The summed E-state index contributed by atoms with van der Waals surface area (Å²) in [6.45, 7) is 12.7. The molecule has 0 saturated carbocycles. The number of hydrogen-bond donors (Lipinski definition) is 2. The number of aromatic nitrogens is 2. The van der Waals surface area contributed by atoms with E-state index in [1.165, 1.54) is 0 Å². The molecule has 1 aliphatic rings. The van der Waals surface area contributed by atoms with E-state index in [2.05, 4.69) is 64.7 Å². The van der Waals surface area contributed by atoms with Crippen molar-refractivity contribution in [2.45, 2.75) is 39.8 Å². The molecule has 8 heteroatoms. The van der Waals surface area contributed by atoms with Crippen molar-refractivity contribution in [2.75, 3.05) is 44.7 Å². The van der Waals surface area contributed by atoms with Crippen molar-refractivity contribution in [3.8, 4) is 0 Å². The van der Waals surface area contributed by atoms with E-state index in [0.717, 1.165) is 60.8 Å². The van der Waals surface area contributed by atoms with E-state index >= 15 is 0 Å². The Hall–Kier alpha value is -2.19. The van der Waals surface area contributed by atoms with Gasteiger partial charge in [-0.3, -0.25) is 0 Å².